The fourth-order valence-corrected chi connectivity index (χ4v) is 2.71. The lowest BCUT2D eigenvalue weighted by atomic mass is 9.90. The summed E-state index contributed by atoms with van der Waals surface area (Å²) >= 11 is 0. The zero-order chi connectivity index (χ0) is 16.1. The third-order valence-electron chi connectivity index (χ3n) is 3.81. The number of rotatable bonds is 2. The van der Waals surface area contributed by atoms with Crippen molar-refractivity contribution in [3.63, 3.8) is 0 Å². The lowest BCUT2D eigenvalue weighted by molar-refractivity contribution is -0.153. The average molecular weight is 312 g/mol. The van der Waals surface area contributed by atoms with E-state index in [-0.39, 0.29) is 22.6 Å². The Morgan fingerprint density at radius 2 is 1.70 bits per heavy atom. The summed E-state index contributed by atoms with van der Waals surface area (Å²) in [6.45, 7) is 0. The second-order valence-electron chi connectivity index (χ2n) is 5.18. The van der Waals surface area contributed by atoms with E-state index in [4.69, 9.17) is 4.74 Å². The third kappa shape index (κ3) is 1.97. The van der Waals surface area contributed by atoms with Gasteiger partial charge in [-0.05, 0) is 24.3 Å². The van der Waals surface area contributed by atoms with Crippen LogP contribution in [-0.4, -0.2) is 23.9 Å². The van der Waals surface area contributed by atoms with Crippen molar-refractivity contribution in [2.24, 2.45) is 11.8 Å². The van der Waals surface area contributed by atoms with Gasteiger partial charge in [0.1, 0.15) is 17.1 Å². The van der Waals surface area contributed by atoms with E-state index in [1.807, 2.05) is 0 Å². The van der Waals surface area contributed by atoms with Crippen LogP contribution >= 0.6 is 0 Å². The van der Waals surface area contributed by atoms with Gasteiger partial charge >= 0.3 is 23.9 Å². The molecule has 1 aromatic rings. The maximum Gasteiger partial charge on any atom is 0.350 e. The molecule has 2 aliphatic heterocycles. The summed E-state index contributed by atoms with van der Waals surface area (Å²) in [5.41, 5.74) is 0.167. The van der Waals surface area contributed by atoms with Crippen molar-refractivity contribution in [2.45, 2.75) is 0 Å². The van der Waals surface area contributed by atoms with E-state index in [1.165, 1.54) is 30.4 Å². The van der Waals surface area contributed by atoms with Crippen molar-refractivity contribution in [3.05, 3.63) is 53.3 Å². The molecule has 2 atom stereocenters. The number of cyclic esters (lactones) is 4. The van der Waals surface area contributed by atoms with Gasteiger partial charge in [-0.3, -0.25) is 9.59 Å². The number of esters is 4. The van der Waals surface area contributed by atoms with Gasteiger partial charge in [0.25, 0.3) is 0 Å². The number of hydrogen-bond acceptors (Lipinski definition) is 7. The molecule has 0 radical (unpaired) electrons. The summed E-state index contributed by atoms with van der Waals surface area (Å²) in [4.78, 5) is 46.3. The minimum Gasteiger partial charge on any atom is -0.457 e. The van der Waals surface area contributed by atoms with Gasteiger partial charge < -0.3 is 14.2 Å². The van der Waals surface area contributed by atoms with Crippen molar-refractivity contribution in [3.8, 4) is 5.75 Å². The summed E-state index contributed by atoms with van der Waals surface area (Å²) < 4.78 is 14.7. The molecule has 114 valence electrons. The predicted octanol–water partition coefficient (Wildman–Crippen LogP) is 1.15. The van der Waals surface area contributed by atoms with Crippen LogP contribution in [0.15, 0.2) is 42.2 Å². The van der Waals surface area contributed by atoms with E-state index in [9.17, 15) is 19.2 Å². The Morgan fingerprint density at radius 1 is 0.913 bits per heavy atom. The molecule has 0 aromatic heterocycles. The van der Waals surface area contributed by atoms with E-state index < -0.39 is 35.7 Å². The number of fused-ring (bicyclic) bond motifs is 2. The van der Waals surface area contributed by atoms with Gasteiger partial charge in [-0.2, -0.15) is 0 Å². The molecule has 4 rings (SSSR count). The minimum atomic E-state index is -0.783. The minimum absolute atomic E-state index is 0.0407. The lowest BCUT2D eigenvalue weighted by Gasteiger charge is -2.15. The van der Waals surface area contributed by atoms with Crippen LogP contribution in [0.5, 0.6) is 5.75 Å². The first-order valence-corrected chi connectivity index (χ1v) is 6.77. The number of carbonyl (C=O) groups excluding carboxylic acids is 4. The van der Waals surface area contributed by atoms with Crippen LogP contribution in [0.4, 0.5) is 0 Å². The second kappa shape index (κ2) is 4.64. The number of ether oxygens (including phenoxy) is 3. The van der Waals surface area contributed by atoms with Crippen molar-refractivity contribution in [1.29, 1.82) is 0 Å². The first-order chi connectivity index (χ1) is 11.0. The smallest absolute Gasteiger partial charge is 0.350 e. The molecule has 1 fully saturated rings. The molecule has 0 N–H and O–H groups in total. The zero-order valence-electron chi connectivity index (χ0n) is 11.5. The second-order valence-corrected chi connectivity index (χ2v) is 5.18. The Morgan fingerprint density at radius 3 is 2.52 bits per heavy atom. The van der Waals surface area contributed by atoms with Gasteiger partial charge in [-0.15, -0.1) is 0 Å². The van der Waals surface area contributed by atoms with Crippen molar-refractivity contribution >= 4 is 23.9 Å². The highest BCUT2D eigenvalue weighted by atomic mass is 16.6. The molecule has 3 aliphatic rings. The van der Waals surface area contributed by atoms with Gasteiger partial charge in [0.15, 0.2) is 0 Å². The molecular weight excluding hydrogens is 304 g/mol. The van der Waals surface area contributed by atoms with Crippen molar-refractivity contribution in [1.82, 2.24) is 0 Å². The third-order valence-corrected chi connectivity index (χ3v) is 3.81. The predicted molar refractivity (Wildman–Crippen MR) is 72.1 cm³/mol. The monoisotopic (exact) mass is 312 g/mol. The van der Waals surface area contributed by atoms with E-state index in [1.54, 1.807) is 6.07 Å². The summed E-state index contributed by atoms with van der Waals surface area (Å²) in [6.07, 6.45) is 4.49. The molecule has 0 bridgehead atoms. The van der Waals surface area contributed by atoms with Gasteiger partial charge in [0, 0.05) is 0 Å². The van der Waals surface area contributed by atoms with Crippen molar-refractivity contribution < 1.29 is 33.4 Å². The van der Waals surface area contributed by atoms with Crippen LogP contribution in [0.2, 0.25) is 0 Å². The molecule has 7 nitrogen and oxygen atoms in total. The van der Waals surface area contributed by atoms with Crippen LogP contribution in [-0.2, 0) is 19.1 Å². The lowest BCUT2D eigenvalue weighted by Crippen LogP contribution is -2.18. The number of benzene rings is 1. The normalized spacial score (nSPS) is 24.8. The van der Waals surface area contributed by atoms with E-state index in [0.717, 1.165) is 0 Å². The highest BCUT2D eigenvalue weighted by Gasteiger charge is 2.43. The number of allylic oxidation sites excluding steroid dienone is 1. The molecule has 1 aliphatic carbocycles. The zero-order valence-corrected chi connectivity index (χ0v) is 11.5. The van der Waals surface area contributed by atoms with Crippen LogP contribution in [0.25, 0.3) is 0 Å². The van der Waals surface area contributed by atoms with Gasteiger partial charge in [0.05, 0.1) is 17.4 Å². The number of carbonyl (C=O) groups is 4. The summed E-state index contributed by atoms with van der Waals surface area (Å²) in [6, 6.07) is 4.53. The number of hydrogen-bond donors (Lipinski definition) is 0. The Bertz CT molecular complexity index is 846. The molecule has 2 unspecified atom stereocenters. The van der Waals surface area contributed by atoms with Crippen LogP contribution in [0.1, 0.15) is 20.7 Å². The highest BCUT2D eigenvalue weighted by molar-refractivity contribution is 6.16. The fourth-order valence-electron chi connectivity index (χ4n) is 2.71. The van der Waals surface area contributed by atoms with Crippen LogP contribution < -0.4 is 4.74 Å². The molecule has 1 saturated heterocycles. The van der Waals surface area contributed by atoms with Gasteiger partial charge in [-0.1, -0.05) is 12.1 Å². The molecule has 0 saturated carbocycles. The Labute approximate surface area is 129 Å². The van der Waals surface area contributed by atoms with Gasteiger partial charge in [0.2, 0.25) is 0 Å². The molecule has 2 heterocycles. The summed E-state index contributed by atoms with van der Waals surface area (Å²) in [7, 11) is 0. The van der Waals surface area contributed by atoms with Crippen LogP contribution in [0.3, 0.4) is 0 Å². The maximum atomic E-state index is 11.7. The first-order valence-electron chi connectivity index (χ1n) is 6.77. The molecular formula is C16H8O7. The quantitative estimate of drug-likeness (QED) is 0.597. The Balaban J connectivity index is 1.67. The molecule has 23 heavy (non-hydrogen) atoms. The standard InChI is InChI=1S/C16H8O7/c17-13-8-5-4-7(6-10(8)15(19)22-13)21-11-3-1-2-9-12(11)16(20)23-14(9)18/h1-6,8,10H. The first kappa shape index (κ1) is 13.4. The Kier molecular flexibility index (Phi) is 2.71. The molecule has 0 spiro atoms. The summed E-state index contributed by atoms with van der Waals surface area (Å²) in [5.74, 6) is -3.72. The largest absolute Gasteiger partial charge is 0.457 e. The van der Waals surface area contributed by atoms with Crippen LogP contribution in [0, 0.1) is 11.8 Å². The van der Waals surface area contributed by atoms with E-state index in [2.05, 4.69) is 9.47 Å². The maximum absolute atomic E-state index is 11.7. The Hall–Kier alpha value is -3.22. The SMILES string of the molecule is O=C1OC(=O)c2c(OC3=CC4C(=O)OC(=O)C4C=C3)cccc21. The fraction of sp³-hybridized carbons (Fsp3) is 0.125. The molecule has 1 aromatic carbocycles. The molecule has 7 heteroatoms. The molecule has 0 amide bonds. The highest BCUT2D eigenvalue weighted by Crippen LogP contribution is 2.34. The van der Waals surface area contributed by atoms with Crippen molar-refractivity contribution in [2.75, 3.05) is 0 Å². The topological polar surface area (TPSA) is 96.0 Å². The van der Waals surface area contributed by atoms with E-state index >= 15 is 0 Å². The van der Waals surface area contributed by atoms with E-state index in [0.29, 0.717) is 0 Å². The average Bonchev–Trinajstić information content (AvgIpc) is 2.97. The summed E-state index contributed by atoms with van der Waals surface area (Å²) in [5, 5.41) is 0. The van der Waals surface area contributed by atoms with Gasteiger partial charge in [-0.25, -0.2) is 9.59 Å².